The summed E-state index contributed by atoms with van der Waals surface area (Å²) >= 11 is 0. The Labute approximate surface area is 239 Å². The molecule has 1 heterocycles. The first-order valence-corrected chi connectivity index (χ1v) is 14.2. The zero-order valence-corrected chi connectivity index (χ0v) is 24.3. The number of carbonyl (C=O) groups is 2. The number of esters is 1. The van der Waals surface area contributed by atoms with Crippen LogP contribution in [0.15, 0.2) is 18.2 Å². The standard InChI is InChI=1S/C25H33F9N3O4P/c1-22(2,3)41-19(38)6-5-9-37(42-4)18-14-17(23(26,27)28)8-7-16(18)15-35-10-12-36(13-11-35)21(39)40-20(24(29,30)31)25(32,33)34/h7-8,14,20,42H,5-6,9-13,15H2,1-4H3. The Kier molecular flexibility index (Phi) is 11.8. The molecule has 240 valence electrons. The van der Waals surface area contributed by atoms with Gasteiger partial charge in [0.1, 0.15) is 5.60 Å². The molecule has 7 nitrogen and oxygen atoms in total. The fraction of sp³-hybridized carbons (Fsp3) is 0.680. The van der Waals surface area contributed by atoms with Crippen molar-refractivity contribution in [1.82, 2.24) is 9.80 Å². The first-order valence-electron chi connectivity index (χ1n) is 12.8. The smallest absolute Gasteiger partial charge is 0.434 e. The number of nitrogens with zero attached hydrogens (tertiary/aromatic N) is 3. The van der Waals surface area contributed by atoms with E-state index in [4.69, 9.17) is 4.74 Å². The third-order valence-corrected chi connectivity index (χ3v) is 7.00. The molecule has 2 rings (SSSR count). The van der Waals surface area contributed by atoms with E-state index in [0.717, 1.165) is 12.1 Å². The maximum atomic E-state index is 13.5. The second-order valence-corrected chi connectivity index (χ2v) is 11.5. The Morgan fingerprint density at radius 3 is 2.00 bits per heavy atom. The molecule has 0 bridgehead atoms. The molecule has 1 aromatic rings. The van der Waals surface area contributed by atoms with Gasteiger partial charge < -0.3 is 19.0 Å². The van der Waals surface area contributed by atoms with Crippen molar-refractivity contribution in [3.63, 3.8) is 0 Å². The number of alkyl halides is 9. The van der Waals surface area contributed by atoms with Gasteiger partial charge in [0.15, 0.2) is 0 Å². The van der Waals surface area contributed by atoms with Crippen molar-refractivity contribution in [2.24, 2.45) is 0 Å². The third kappa shape index (κ3) is 11.0. The van der Waals surface area contributed by atoms with Gasteiger partial charge in [-0.15, -0.1) is 0 Å². The molecule has 0 saturated carbocycles. The largest absolute Gasteiger partial charge is 0.460 e. The zero-order valence-electron chi connectivity index (χ0n) is 23.3. The highest BCUT2D eigenvalue weighted by Crippen LogP contribution is 2.38. The molecule has 1 unspecified atom stereocenters. The van der Waals surface area contributed by atoms with E-state index in [1.165, 1.54) is 6.07 Å². The van der Waals surface area contributed by atoms with Crippen LogP contribution >= 0.6 is 8.73 Å². The number of hydrogen-bond acceptors (Lipinski definition) is 6. The molecule has 1 fully saturated rings. The van der Waals surface area contributed by atoms with Crippen LogP contribution in [0.5, 0.6) is 0 Å². The molecule has 42 heavy (non-hydrogen) atoms. The Morgan fingerprint density at radius 1 is 0.952 bits per heavy atom. The van der Waals surface area contributed by atoms with E-state index in [1.54, 1.807) is 37.0 Å². The topological polar surface area (TPSA) is 62.3 Å². The van der Waals surface area contributed by atoms with Gasteiger partial charge >= 0.3 is 30.6 Å². The summed E-state index contributed by atoms with van der Waals surface area (Å²) in [6, 6.07) is 3.22. The lowest BCUT2D eigenvalue weighted by molar-refractivity contribution is -0.308. The highest BCUT2D eigenvalue weighted by Gasteiger charge is 2.60. The predicted molar refractivity (Wildman–Crippen MR) is 137 cm³/mol. The van der Waals surface area contributed by atoms with E-state index in [9.17, 15) is 49.1 Å². The summed E-state index contributed by atoms with van der Waals surface area (Å²) in [7, 11) is 0.0300. The SMILES string of the molecule is CPN(CCCC(=O)OC(C)(C)C)c1cc(C(F)(F)F)ccc1CN1CCN(C(=O)OC(C(F)(F)F)C(F)(F)F)CC1. The first-order chi connectivity index (χ1) is 19.1. The van der Waals surface area contributed by atoms with Crippen LogP contribution in [0.1, 0.15) is 44.7 Å². The highest BCUT2D eigenvalue weighted by atomic mass is 31.1. The molecule has 1 aliphatic heterocycles. The molecule has 0 N–H and O–H groups in total. The average Bonchev–Trinajstić information content (AvgIpc) is 2.83. The van der Waals surface area contributed by atoms with Gasteiger partial charge in [-0.25, -0.2) is 4.79 Å². The number of piperazine rings is 1. The second-order valence-electron chi connectivity index (χ2n) is 10.5. The van der Waals surface area contributed by atoms with Crippen molar-refractivity contribution >= 4 is 26.5 Å². The van der Waals surface area contributed by atoms with E-state index in [0.29, 0.717) is 16.9 Å². The van der Waals surface area contributed by atoms with Crippen LogP contribution in [-0.4, -0.2) is 85.3 Å². The van der Waals surface area contributed by atoms with E-state index in [1.807, 2.05) is 0 Å². The molecular formula is C25H33F9N3O4P. The number of carbonyl (C=O) groups excluding carboxylic acids is 2. The van der Waals surface area contributed by atoms with Crippen molar-refractivity contribution in [2.45, 2.75) is 70.4 Å². The van der Waals surface area contributed by atoms with Gasteiger partial charge in [-0.2, -0.15) is 39.5 Å². The minimum absolute atomic E-state index is 0.0192. The first kappa shape index (κ1) is 35.7. The summed E-state index contributed by atoms with van der Waals surface area (Å²) in [4.78, 5) is 26.5. The minimum atomic E-state index is -5.84. The van der Waals surface area contributed by atoms with E-state index >= 15 is 0 Å². The summed E-state index contributed by atoms with van der Waals surface area (Å²) in [5.41, 5.74) is -0.806. The summed E-state index contributed by atoms with van der Waals surface area (Å²) in [6.07, 6.45) is -22.0. The van der Waals surface area contributed by atoms with E-state index < -0.39 is 47.9 Å². The number of anilines is 1. The Bertz CT molecular complexity index is 1050. The third-order valence-electron chi connectivity index (χ3n) is 5.99. The fourth-order valence-corrected chi connectivity index (χ4v) is 4.91. The van der Waals surface area contributed by atoms with Gasteiger partial charge in [-0.05, 0) is 60.3 Å². The number of halogens is 9. The Hall–Kier alpha value is -2.48. The summed E-state index contributed by atoms with van der Waals surface area (Å²) < 4.78 is 128. The maximum Gasteiger partial charge on any atom is 0.434 e. The van der Waals surface area contributed by atoms with E-state index in [-0.39, 0.29) is 60.1 Å². The number of rotatable bonds is 9. The lowest BCUT2D eigenvalue weighted by Gasteiger charge is -2.36. The molecule has 1 amide bonds. The van der Waals surface area contributed by atoms with Crippen LogP contribution in [0.4, 0.5) is 50.0 Å². The summed E-state index contributed by atoms with van der Waals surface area (Å²) in [5, 5.41) is 0. The molecule has 17 heteroatoms. The van der Waals surface area contributed by atoms with Crippen molar-refractivity contribution in [2.75, 3.05) is 44.1 Å². The van der Waals surface area contributed by atoms with Crippen molar-refractivity contribution in [3.05, 3.63) is 29.3 Å². The molecule has 0 radical (unpaired) electrons. The second kappa shape index (κ2) is 13.9. The molecule has 1 atom stereocenters. The lowest BCUT2D eigenvalue weighted by Crippen LogP contribution is -2.52. The van der Waals surface area contributed by atoms with Gasteiger partial charge in [0.2, 0.25) is 0 Å². The van der Waals surface area contributed by atoms with Gasteiger partial charge in [0, 0.05) is 51.4 Å². The van der Waals surface area contributed by atoms with Gasteiger partial charge in [-0.3, -0.25) is 9.69 Å². The maximum absolute atomic E-state index is 13.5. The monoisotopic (exact) mass is 641 g/mol. The van der Waals surface area contributed by atoms with Gasteiger partial charge in [-0.1, -0.05) is 6.07 Å². The van der Waals surface area contributed by atoms with E-state index in [2.05, 4.69) is 4.74 Å². The minimum Gasteiger partial charge on any atom is -0.460 e. The van der Waals surface area contributed by atoms with Crippen molar-refractivity contribution in [1.29, 1.82) is 0 Å². The van der Waals surface area contributed by atoms with Crippen LogP contribution in [-0.2, 0) is 27.0 Å². The van der Waals surface area contributed by atoms with Crippen LogP contribution in [0.3, 0.4) is 0 Å². The Morgan fingerprint density at radius 2 is 1.52 bits per heavy atom. The normalized spacial score (nSPS) is 15.9. The van der Waals surface area contributed by atoms with Gasteiger partial charge in [0.05, 0.1) is 5.56 Å². The number of ether oxygens (including phenoxy) is 2. The fourth-order valence-electron chi connectivity index (χ4n) is 4.08. The zero-order chi connectivity index (χ0) is 32.1. The van der Waals surface area contributed by atoms with Gasteiger partial charge in [0.25, 0.3) is 6.10 Å². The average molecular weight is 642 g/mol. The molecule has 0 spiro atoms. The quantitative estimate of drug-likeness (QED) is 0.172. The molecule has 0 aromatic heterocycles. The summed E-state index contributed by atoms with van der Waals surface area (Å²) in [5.74, 6) is -0.445. The van der Waals surface area contributed by atoms with Crippen molar-refractivity contribution < 1.29 is 58.6 Å². The van der Waals surface area contributed by atoms with Crippen LogP contribution in [0.2, 0.25) is 0 Å². The summed E-state index contributed by atoms with van der Waals surface area (Å²) in [6.45, 7) is 6.77. The lowest BCUT2D eigenvalue weighted by atomic mass is 10.1. The number of amides is 1. The molecular weight excluding hydrogens is 608 g/mol. The Balaban J connectivity index is 2.12. The highest BCUT2D eigenvalue weighted by molar-refractivity contribution is 7.39. The molecule has 1 aromatic carbocycles. The molecule has 1 aliphatic rings. The number of benzene rings is 1. The predicted octanol–water partition coefficient (Wildman–Crippen LogP) is 6.60. The van der Waals surface area contributed by atoms with Crippen molar-refractivity contribution in [3.8, 4) is 0 Å². The molecule has 1 saturated heterocycles. The van der Waals surface area contributed by atoms with Crippen LogP contribution < -0.4 is 4.67 Å². The number of hydrogen-bond donors (Lipinski definition) is 0. The van der Waals surface area contributed by atoms with Crippen LogP contribution in [0, 0.1) is 0 Å². The molecule has 0 aliphatic carbocycles. The van der Waals surface area contributed by atoms with Crippen LogP contribution in [0.25, 0.3) is 0 Å².